The molecule has 1 aromatic carbocycles. The Morgan fingerprint density at radius 2 is 1.61 bits per heavy atom. The molecular formula is C15H26N2O. The number of benzene rings is 1. The summed E-state index contributed by atoms with van der Waals surface area (Å²) in [5, 5.41) is 3.03. The van der Waals surface area contributed by atoms with Crippen LogP contribution in [0.25, 0.3) is 0 Å². The summed E-state index contributed by atoms with van der Waals surface area (Å²) in [6.07, 6.45) is 0. The van der Waals surface area contributed by atoms with Crippen LogP contribution < -0.4 is 10.2 Å². The fourth-order valence-corrected chi connectivity index (χ4v) is 1.16. The van der Waals surface area contributed by atoms with Gasteiger partial charge in [-0.3, -0.25) is 4.79 Å². The number of carbonyl (C=O) groups is 1. The summed E-state index contributed by atoms with van der Waals surface area (Å²) in [6, 6.07) is 10.5. The van der Waals surface area contributed by atoms with E-state index in [1.807, 2.05) is 56.3 Å². The smallest absolute Gasteiger partial charge is 0.151 e. The quantitative estimate of drug-likeness (QED) is 0.891. The van der Waals surface area contributed by atoms with Crippen LogP contribution in [0.3, 0.4) is 0 Å². The van der Waals surface area contributed by atoms with Gasteiger partial charge in [0.15, 0.2) is 5.78 Å². The highest BCUT2D eigenvalue weighted by Crippen LogP contribution is 2.13. The van der Waals surface area contributed by atoms with Crippen LogP contribution in [0, 0.1) is 0 Å². The number of hydrogen-bond acceptors (Lipinski definition) is 3. The van der Waals surface area contributed by atoms with E-state index in [0.717, 1.165) is 5.69 Å². The summed E-state index contributed by atoms with van der Waals surface area (Å²) in [4.78, 5) is 13.1. The molecule has 0 saturated carbocycles. The fraction of sp³-hybridized carbons (Fsp3) is 0.533. The molecule has 3 nitrogen and oxygen atoms in total. The number of hydrogen-bond donors (Lipinski definition) is 1. The maximum Gasteiger partial charge on any atom is 0.151 e. The standard InChI is InChI=1S/C11H15NO.C4H11N/c1-9(10(2)13)12(3)11-7-5-4-6-8-11;1-4(2)5-3/h4-9H,1-3H3;4-5H,1-3H3. The molecule has 1 rings (SSSR count). The fourth-order valence-electron chi connectivity index (χ4n) is 1.16. The molecule has 0 radical (unpaired) electrons. The van der Waals surface area contributed by atoms with E-state index in [-0.39, 0.29) is 11.8 Å². The van der Waals surface area contributed by atoms with Crippen molar-refractivity contribution in [1.82, 2.24) is 5.32 Å². The molecule has 0 aliphatic carbocycles. The summed E-state index contributed by atoms with van der Waals surface area (Å²) in [7, 11) is 3.88. The Bertz CT molecular complexity index is 336. The van der Waals surface area contributed by atoms with Crippen molar-refractivity contribution in [3.05, 3.63) is 30.3 Å². The number of Topliss-reactive ketones (excluding diaryl/α,β-unsaturated/α-hetero) is 1. The molecule has 1 N–H and O–H groups in total. The number of nitrogens with zero attached hydrogens (tertiary/aromatic N) is 1. The lowest BCUT2D eigenvalue weighted by Gasteiger charge is -2.24. The lowest BCUT2D eigenvalue weighted by atomic mass is 10.2. The number of rotatable bonds is 4. The van der Waals surface area contributed by atoms with Crippen molar-refractivity contribution in [3.8, 4) is 0 Å². The molecule has 0 heterocycles. The minimum absolute atomic E-state index is 0.0533. The van der Waals surface area contributed by atoms with Crippen molar-refractivity contribution in [3.63, 3.8) is 0 Å². The monoisotopic (exact) mass is 250 g/mol. The molecule has 0 aliphatic heterocycles. The van der Waals surface area contributed by atoms with Crippen molar-refractivity contribution in [2.45, 2.75) is 39.8 Å². The van der Waals surface area contributed by atoms with Crippen LogP contribution in [0.5, 0.6) is 0 Å². The number of nitrogens with one attached hydrogen (secondary N) is 1. The third kappa shape index (κ3) is 6.40. The SMILES string of the molecule is CC(=O)C(C)N(C)c1ccccc1.CNC(C)C. The summed E-state index contributed by atoms with van der Waals surface area (Å²) in [6.45, 7) is 7.75. The van der Waals surface area contributed by atoms with Gasteiger partial charge >= 0.3 is 0 Å². The highest BCUT2D eigenvalue weighted by atomic mass is 16.1. The number of likely N-dealkylation sites (N-methyl/N-ethyl adjacent to an activating group) is 1. The first-order valence-electron chi connectivity index (χ1n) is 6.35. The first kappa shape index (κ1) is 16.6. The molecule has 0 bridgehead atoms. The van der Waals surface area contributed by atoms with Crippen LogP contribution in [0.15, 0.2) is 30.3 Å². The maximum absolute atomic E-state index is 11.1. The number of anilines is 1. The number of carbonyl (C=O) groups excluding carboxylic acids is 1. The van der Waals surface area contributed by atoms with Gasteiger partial charge in [-0.2, -0.15) is 0 Å². The molecule has 18 heavy (non-hydrogen) atoms. The molecule has 0 aliphatic rings. The van der Waals surface area contributed by atoms with E-state index < -0.39 is 0 Å². The minimum Gasteiger partial charge on any atom is -0.365 e. The zero-order valence-electron chi connectivity index (χ0n) is 12.4. The molecule has 0 amide bonds. The zero-order chi connectivity index (χ0) is 14.1. The number of ketones is 1. The highest BCUT2D eigenvalue weighted by molar-refractivity contribution is 5.84. The Balaban J connectivity index is 0.000000494. The molecule has 102 valence electrons. The van der Waals surface area contributed by atoms with Gasteiger partial charge in [-0.05, 0) is 33.0 Å². The van der Waals surface area contributed by atoms with E-state index in [4.69, 9.17) is 0 Å². The third-order valence-electron chi connectivity index (χ3n) is 2.91. The van der Waals surface area contributed by atoms with Gasteiger partial charge in [0, 0.05) is 18.8 Å². The Kier molecular flexibility index (Phi) is 8.05. The van der Waals surface area contributed by atoms with Gasteiger partial charge < -0.3 is 10.2 Å². The van der Waals surface area contributed by atoms with Gasteiger partial charge in [-0.25, -0.2) is 0 Å². The molecule has 0 aromatic heterocycles. The Hall–Kier alpha value is -1.35. The van der Waals surface area contributed by atoms with E-state index in [0.29, 0.717) is 6.04 Å². The Labute approximate surface area is 111 Å². The van der Waals surface area contributed by atoms with Crippen molar-refractivity contribution in [2.75, 3.05) is 19.0 Å². The molecule has 0 spiro atoms. The second-order valence-corrected chi connectivity index (χ2v) is 4.68. The molecule has 1 atom stereocenters. The average molecular weight is 250 g/mol. The van der Waals surface area contributed by atoms with Gasteiger partial charge in [0.2, 0.25) is 0 Å². The van der Waals surface area contributed by atoms with Crippen molar-refractivity contribution in [2.24, 2.45) is 0 Å². The lowest BCUT2D eigenvalue weighted by molar-refractivity contribution is -0.117. The largest absolute Gasteiger partial charge is 0.365 e. The summed E-state index contributed by atoms with van der Waals surface area (Å²) >= 11 is 0. The van der Waals surface area contributed by atoms with E-state index >= 15 is 0 Å². The van der Waals surface area contributed by atoms with Crippen molar-refractivity contribution >= 4 is 11.5 Å². The average Bonchev–Trinajstić information content (AvgIpc) is 2.38. The van der Waals surface area contributed by atoms with Crippen LogP contribution in [-0.4, -0.2) is 32.0 Å². The number of para-hydroxylation sites is 1. The molecule has 0 saturated heterocycles. The first-order chi connectivity index (χ1) is 8.40. The lowest BCUT2D eigenvalue weighted by Crippen LogP contribution is -2.34. The third-order valence-corrected chi connectivity index (χ3v) is 2.91. The molecule has 1 unspecified atom stereocenters. The van der Waals surface area contributed by atoms with Crippen LogP contribution in [0.1, 0.15) is 27.7 Å². The molecule has 3 heteroatoms. The predicted octanol–water partition coefficient (Wildman–Crippen LogP) is 2.71. The summed E-state index contributed by atoms with van der Waals surface area (Å²) < 4.78 is 0. The van der Waals surface area contributed by atoms with E-state index in [2.05, 4.69) is 19.2 Å². The van der Waals surface area contributed by atoms with Crippen molar-refractivity contribution < 1.29 is 4.79 Å². The van der Waals surface area contributed by atoms with Gasteiger partial charge in [-0.15, -0.1) is 0 Å². The first-order valence-corrected chi connectivity index (χ1v) is 6.35. The van der Waals surface area contributed by atoms with Crippen LogP contribution in [-0.2, 0) is 4.79 Å². The van der Waals surface area contributed by atoms with Gasteiger partial charge in [0.25, 0.3) is 0 Å². The van der Waals surface area contributed by atoms with Crippen molar-refractivity contribution in [1.29, 1.82) is 0 Å². The topological polar surface area (TPSA) is 32.3 Å². The second kappa shape index (κ2) is 8.70. The van der Waals surface area contributed by atoms with Gasteiger partial charge in [0.1, 0.15) is 0 Å². The highest BCUT2D eigenvalue weighted by Gasteiger charge is 2.13. The van der Waals surface area contributed by atoms with Gasteiger partial charge in [0.05, 0.1) is 6.04 Å². The Morgan fingerprint density at radius 1 is 1.17 bits per heavy atom. The Morgan fingerprint density at radius 3 is 1.94 bits per heavy atom. The summed E-state index contributed by atoms with van der Waals surface area (Å²) in [5.41, 5.74) is 1.07. The predicted molar refractivity (Wildman–Crippen MR) is 79.2 cm³/mol. The van der Waals surface area contributed by atoms with E-state index in [1.54, 1.807) is 6.92 Å². The molecular weight excluding hydrogens is 224 g/mol. The van der Waals surface area contributed by atoms with E-state index in [9.17, 15) is 4.79 Å². The normalized spacial score (nSPS) is 11.5. The minimum atomic E-state index is -0.0533. The zero-order valence-corrected chi connectivity index (χ0v) is 12.4. The van der Waals surface area contributed by atoms with Crippen LogP contribution in [0.4, 0.5) is 5.69 Å². The van der Waals surface area contributed by atoms with Crippen LogP contribution >= 0.6 is 0 Å². The van der Waals surface area contributed by atoms with E-state index in [1.165, 1.54) is 0 Å². The van der Waals surface area contributed by atoms with Gasteiger partial charge in [-0.1, -0.05) is 32.0 Å². The second-order valence-electron chi connectivity index (χ2n) is 4.68. The molecule has 0 fully saturated rings. The molecule has 1 aromatic rings. The summed E-state index contributed by atoms with van der Waals surface area (Å²) in [5.74, 6) is 0.186. The maximum atomic E-state index is 11.1. The van der Waals surface area contributed by atoms with Crippen LogP contribution in [0.2, 0.25) is 0 Å².